The van der Waals surface area contributed by atoms with Crippen LogP contribution in [0.25, 0.3) is 0 Å². The van der Waals surface area contributed by atoms with Crippen LogP contribution in [-0.4, -0.2) is 0 Å². The Bertz CT molecular complexity index is 560. The predicted molar refractivity (Wildman–Crippen MR) is 79.3 cm³/mol. The molecular formula is C14H13BrClFN2. The molecule has 2 aromatic carbocycles. The molecule has 0 aliphatic rings. The van der Waals surface area contributed by atoms with Crippen molar-refractivity contribution in [1.29, 1.82) is 0 Å². The molecule has 2 rings (SSSR count). The fraction of sp³-hybridized carbons (Fsp3) is 0.143. The van der Waals surface area contributed by atoms with Gasteiger partial charge in [-0.05, 0) is 47.9 Å². The van der Waals surface area contributed by atoms with E-state index in [-0.39, 0.29) is 11.9 Å². The van der Waals surface area contributed by atoms with Gasteiger partial charge in [0.05, 0.1) is 6.04 Å². The van der Waals surface area contributed by atoms with Crippen molar-refractivity contribution in [1.82, 2.24) is 5.43 Å². The molecular weight excluding hydrogens is 331 g/mol. The SMILES string of the molecule is NNC(Cc1ccc(Br)cc1)c1cc(F)ccc1Cl. The molecule has 2 nitrogen and oxygen atoms in total. The van der Waals surface area contributed by atoms with E-state index in [2.05, 4.69) is 21.4 Å². The van der Waals surface area contributed by atoms with Crippen LogP contribution >= 0.6 is 27.5 Å². The molecule has 0 heterocycles. The van der Waals surface area contributed by atoms with Crippen molar-refractivity contribution in [3.63, 3.8) is 0 Å². The average Bonchev–Trinajstić information content (AvgIpc) is 2.41. The predicted octanol–water partition coefficient (Wildman–Crippen LogP) is 3.99. The van der Waals surface area contributed by atoms with Crippen molar-refractivity contribution in [2.24, 2.45) is 5.84 Å². The third-order valence-corrected chi connectivity index (χ3v) is 3.76. The van der Waals surface area contributed by atoms with Crippen LogP contribution < -0.4 is 11.3 Å². The van der Waals surface area contributed by atoms with Crippen molar-refractivity contribution in [2.75, 3.05) is 0 Å². The molecule has 0 radical (unpaired) electrons. The molecule has 1 unspecified atom stereocenters. The Hall–Kier alpha value is -0.940. The first kappa shape index (κ1) is 14.5. The van der Waals surface area contributed by atoms with E-state index in [1.165, 1.54) is 18.2 Å². The summed E-state index contributed by atoms with van der Waals surface area (Å²) in [5.74, 6) is 5.24. The maximum Gasteiger partial charge on any atom is 0.123 e. The van der Waals surface area contributed by atoms with Gasteiger partial charge in [-0.15, -0.1) is 0 Å². The normalized spacial score (nSPS) is 12.4. The van der Waals surface area contributed by atoms with Crippen LogP contribution in [0, 0.1) is 5.82 Å². The summed E-state index contributed by atoms with van der Waals surface area (Å²) in [5.41, 5.74) is 4.44. The summed E-state index contributed by atoms with van der Waals surface area (Å²) in [4.78, 5) is 0. The van der Waals surface area contributed by atoms with E-state index in [0.717, 1.165) is 10.0 Å². The number of rotatable bonds is 4. The van der Waals surface area contributed by atoms with Gasteiger partial charge < -0.3 is 0 Å². The van der Waals surface area contributed by atoms with Gasteiger partial charge in [-0.2, -0.15) is 0 Å². The van der Waals surface area contributed by atoms with Crippen molar-refractivity contribution < 1.29 is 4.39 Å². The number of benzene rings is 2. The van der Waals surface area contributed by atoms with Gasteiger partial charge in [-0.25, -0.2) is 4.39 Å². The summed E-state index contributed by atoms with van der Waals surface area (Å²) in [6, 6.07) is 11.9. The quantitative estimate of drug-likeness (QED) is 0.651. The van der Waals surface area contributed by atoms with Gasteiger partial charge in [-0.1, -0.05) is 39.7 Å². The highest BCUT2D eigenvalue weighted by Crippen LogP contribution is 2.26. The summed E-state index contributed by atoms with van der Waals surface area (Å²) < 4.78 is 14.3. The summed E-state index contributed by atoms with van der Waals surface area (Å²) >= 11 is 9.48. The highest BCUT2D eigenvalue weighted by atomic mass is 79.9. The first-order chi connectivity index (χ1) is 9.10. The topological polar surface area (TPSA) is 38.0 Å². The highest BCUT2D eigenvalue weighted by Gasteiger charge is 2.15. The first-order valence-corrected chi connectivity index (χ1v) is 6.93. The lowest BCUT2D eigenvalue weighted by molar-refractivity contribution is 0.544. The molecule has 19 heavy (non-hydrogen) atoms. The lowest BCUT2D eigenvalue weighted by atomic mass is 9.99. The molecule has 0 aliphatic carbocycles. The smallest absolute Gasteiger partial charge is 0.123 e. The summed E-state index contributed by atoms with van der Waals surface area (Å²) in [7, 11) is 0. The van der Waals surface area contributed by atoms with E-state index < -0.39 is 0 Å². The monoisotopic (exact) mass is 342 g/mol. The van der Waals surface area contributed by atoms with Gasteiger partial charge >= 0.3 is 0 Å². The van der Waals surface area contributed by atoms with Crippen LogP contribution in [-0.2, 0) is 6.42 Å². The van der Waals surface area contributed by atoms with Gasteiger partial charge in [-0.3, -0.25) is 11.3 Å². The Balaban J connectivity index is 2.24. The molecule has 0 saturated heterocycles. The van der Waals surface area contributed by atoms with Gasteiger partial charge in [0.1, 0.15) is 5.82 Å². The Morgan fingerprint density at radius 2 is 1.89 bits per heavy atom. The second kappa shape index (κ2) is 6.48. The van der Waals surface area contributed by atoms with Crippen LogP contribution in [0.1, 0.15) is 17.2 Å². The molecule has 100 valence electrons. The number of hydrogen-bond acceptors (Lipinski definition) is 2. The number of hydrazine groups is 1. The number of hydrogen-bond donors (Lipinski definition) is 2. The molecule has 0 fully saturated rings. The molecule has 0 amide bonds. The standard InChI is InChI=1S/C14H13BrClFN2/c15-10-3-1-9(2-4-10)7-14(19-18)12-8-11(17)5-6-13(12)16/h1-6,8,14,19H,7,18H2. The third kappa shape index (κ3) is 3.76. The second-order valence-electron chi connectivity index (χ2n) is 4.22. The van der Waals surface area contributed by atoms with E-state index in [1.807, 2.05) is 24.3 Å². The summed E-state index contributed by atoms with van der Waals surface area (Å²) in [6.45, 7) is 0. The van der Waals surface area contributed by atoms with Crippen molar-refractivity contribution in [3.8, 4) is 0 Å². The fourth-order valence-corrected chi connectivity index (χ4v) is 2.41. The Labute approximate surface area is 124 Å². The molecule has 0 bridgehead atoms. The van der Waals surface area contributed by atoms with E-state index in [0.29, 0.717) is 17.0 Å². The van der Waals surface area contributed by atoms with Crippen LogP contribution in [0.5, 0.6) is 0 Å². The van der Waals surface area contributed by atoms with Crippen molar-refractivity contribution in [2.45, 2.75) is 12.5 Å². The molecule has 0 spiro atoms. The molecule has 0 aromatic heterocycles. The van der Waals surface area contributed by atoms with Gasteiger partial charge in [0.15, 0.2) is 0 Å². The van der Waals surface area contributed by atoms with Crippen molar-refractivity contribution in [3.05, 3.63) is 68.9 Å². The van der Waals surface area contributed by atoms with Gasteiger partial charge in [0.2, 0.25) is 0 Å². The number of nitrogens with one attached hydrogen (secondary N) is 1. The molecule has 5 heteroatoms. The minimum absolute atomic E-state index is 0.232. The Morgan fingerprint density at radius 3 is 2.53 bits per heavy atom. The molecule has 0 aliphatic heterocycles. The van der Waals surface area contributed by atoms with Crippen LogP contribution in [0.2, 0.25) is 5.02 Å². The molecule has 3 N–H and O–H groups in total. The van der Waals surface area contributed by atoms with E-state index in [1.54, 1.807) is 0 Å². The zero-order valence-electron chi connectivity index (χ0n) is 10.0. The van der Waals surface area contributed by atoms with E-state index in [9.17, 15) is 4.39 Å². The lowest BCUT2D eigenvalue weighted by Crippen LogP contribution is -2.29. The number of halogens is 3. The average molecular weight is 344 g/mol. The maximum atomic E-state index is 13.3. The third-order valence-electron chi connectivity index (χ3n) is 2.89. The Kier molecular flexibility index (Phi) is 4.93. The van der Waals surface area contributed by atoms with Crippen LogP contribution in [0.3, 0.4) is 0 Å². The summed E-state index contributed by atoms with van der Waals surface area (Å²) in [5, 5.41) is 0.501. The lowest BCUT2D eigenvalue weighted by Gasteiger charge is -2.18. The van der Waals surface area contributed by atoms with E-state index in [4.69, 9.17) is 17.4 Å². The zero-order valence-corrected chi connectivity index (χ0v) is 12.4. The number of nitrogens with two attached hydrogens (primary N) is 1. The van der Waals surface area contributed by atoms with Gasteiger partial charge in [0, 0.05) is 9.50 Å². The van der Waals surface area contributed by atoms with Crippen LogP contribution in [0.4, 0.5) is 4.39 Å². The highest BCUT2D eigenvalue weighted by molar-refractivity contribution is 9.10. The largest absolute Gasteiger partial charge is 0.271 e. The fourth-order valence-electron chi connectivity index (χ4n) is 1.90. The summed E-state index contributed by atoms with van der Waals surface area (Å²) in [6.07, 6.45) is 0.632. The minimum atomic E-state index is -0.324. The molecule has 0 saturated carbocycles. The second-order valence-corrected chi connectivity index (χ2v) is 5.54. The van der Waals surface area contributed by atoms with Gasteiger partial charge in [0.25, 0.3) is 0 Å². The van der Waals surface area contributed by atoms with Crippen molar-refractivity contribution >= 4 is 27.5 Å². The maximum absolute atomic E-state index is 13.3. The van der Waals surface area contributed by atoms with Crippen LogP contribution in [0.15, 0.2) is 46.9 Å². The Morgan fingerprint density at radius 1 is 1.21 bits per heavy atom. The first-order valence-electron chi connectivity index (χ1n) is 5.75. The molecule has 2 aromatic rings. The molecule has 1 atom stereocenters. The van der Waals surface area contributed by atoms with E-state index >= 15 is 0 Å². The minimum Gasteiger partial charge on any atom is -0.271 e. The zero-order chi connectivity index (χ0) is 13.8.